The number of nitrogens with zero attached hydrogens (tertiary/aromatic N) is 2. The fraction of sp³-hybridized carbons (Fsp3) is 0.100. The van der Waals surface area contributed by atoms with Gasteiger partial charge >= 0.3 is 6.43 Å². The molecule has 0 amide bonds. The largest absolute Gasteiger partial charge is 0.417 e. The number of hydrogen-bond donors (Lipinski definition) is 3. The number of hydrogen-bond acceptors (Lipinski definition) is 5. The molecule has 0 aliphatic rings. The predicted octanol–water partition coefficient (Wildman–Crippen LogP) is 2.35. The Morgan fingerprint density at radius 3 is 2.74 bits per heavy atom. The van der Waals surface area contributed by atoms with Gasteiger partial charge in [0.1, 0.15) is 5.69 Å². The van der Waals surface area contributed by atoms with Gasteiger partial charge in [-0.15, -0.1) is 12.6 Å². The molecule has 0 atom stereocenters. The molecule has 0 fully saturated rings. The molecule has 0 aromatic carbocycles. The van der Waals surface area contributed by atoms with E-state index in [1.165, 1.54) is 6.20 Å². The summed E-state index contributed by atoms with van der Waals surface area (Å²) in [4.78, 5) is 3.97. The monoisotopic (exact) mass is 288 g/mol. The van der Waals surface area contributed by atoms with Crippen molar-refractivity contribution in [3.05, 3.63) is 30.0 Å². The van der Waals surface area contributed by atoms with Gasteiger partial charge in [0.25, 0.3) is 5.90 Å². The maximum atomic E-state index is 13.5. The number of nitrogens with one attached hydrogen (secondary N) is 2. The van der Waals surface area contributed by atoms with Crippen molar-refractivity contribution in [2.75, 3.05) is 0 Å². The van der Waals surface area contributed by atoms with Crippen molar-refractivity contribution in [1.82, 2.24) is 9.38 Å². The lowest BCUT2D eigenvalue weighted by molar-refractivity contribution is 0.197. The van der Waals surface area contributed by atoms with Gasteiger partial charge in [0.2, 0.25) is 5.90 Å². The number of imidazole rings is 1. The van der Waals surface area contributed by atoms with Crippen molar-refractivity contribution >= 4 is 30.1 Å². The molecule has 0 unspecified atom stereocenters. The van der Waals surface area contributed by atoms with Gasteiger partial charge < -0.3 is 4.74 Å². The first kappa shape index (κ1) is 13.4. The van der Waals surface area contributed by atoms with E-state index >= 15 is 0 Å². The van der Waals surface area contributed by atoms with Gasteiger partial charge in [0, 0.05) is 11.1 Å². The summed E-state index contributed by atoms with van der Waals surface area (Å²) in [6, 6.07) is 1.13. The second kappa shape index (κ2) is 4.92. The van der Waals surface area contributed by atoms with Crippen LogP contribution in [0.5, 0.6) is 0 Å². The third-order valence-corrected chi connectivity index (χ3v) is 2.43. The summed E-state index contributed by atoms with van der Waals surface area (Å²) in [5.74, 6) is -2.76. The quantitative estimate of drug-likeness (QED) is 0.451. The molecule has 0 aliphatic heterocycles. The Balaban J connectivity index is 2.41. The van der Waals surface area contributed by atoms with Gasteiger partial charge in [-0.2, -0.15) is 8.78 Å². The van der Waals surface area contributed by atoms with E-state index in [-0.39, 0.29) is 16.2 Å². The number of halogens is 3. The molecule has 2 aromatic rings. The van der Waals surface area contributed by atoms with E-state index in [9.17, 15) is 13.2 Å². The van der Waals surface area contributed by atoms with Crippen molar-refractivity contribution in [2.24, 2.45) is 0 Å². The summed E-state index contributed by atoms with van der Waals surface area (Å²) >= 11 is 3.96. The van der Waals surface area contributed by atoms with Crippen LogP contribution in [-0.4, -0.2) is 27.6 Å². The van der Waals surface area contributed by atoms with Crippen LogP contribution in [0.1, 0.15) is 5.69 Å². The summed E-state index contributed by atoms with van der Waals surface area (Å²) in [7, 11) is 0. The SMILES string of the molecule is N=C(OC(=N)C(F)F)c1cnc2c(F)cc(S)cn12. The summed E-state index contributed by atoms with van der Waals surface area (Å²) < 4.78 is 43.3. The van der Waals surface area contributed by atoms with Crippen LogP contribution >= 0.6 is 12.6 Å². The van der Waals surface area contributed by atoms with E-state index in [4.69, 9.17) is 10.8 Å². The molecule has 0 saturated heterocycles. The summed E-state index contributed by atoms with van der Waals surface area (Å²) in [5, 5.41) is 14.3. The minimum Gasteiger partial charge on any atom is -0.417 e. The first-order valence-corrected chi connectivity index (χ1v) is 5.34. The second-order valence-electron chi connectivity index (χ2n) is 3.48. The van der Waals surface area contributed by atoms with Gasteiger partial charge in [-0.1, -0.05) is 0 Å². The normalized spacial score (nSPS) is 11.0. The van der Waals surface area contributed by atoms with Gasteiger partial charge in [-0.25, -0.2) is 9.37 Å². The standard InChI is InChI=1S/C10H7F3N4OS/c11-5-1-4(19)3-17-6(2-16-10(5)17)8(14)18-9(15)7(12)13/h1-3,7,14-15,19H. The van der Waals surface area contributed by atoms with Gasteiger partial charge in [-0.05, 0) is 6.07 Å². The predicted molar refractivity (Wildman–Crippen MR) is 64.0 cm³/mol. The molecule has 2 rings (SSSR count). The molecule has 9 heteroatoms. The topological polar surface area (TPSA) is 74.2 Å². The fourth-order valence-corrected chi connectivity index (χ4v) is 1.64. The first-order valence-electron chi connectivity index (χ1n) is 4.89. The van der Waals surface area contributed by atoms with Crippen LogP contribution in [0.4, 0.5) is 13.2 Å². The highest BCUT2D eigenvalue weighted by Gasteiger charge is 2.19. The van der Waals surface area contributed by atoms with Crippen LogP contribution in [0.15, 0.2) is 23.4 Å². The van der Waals surface area contributed by atoms with Crippen molar-refractivity contribution in [3.63, 3.8) is 0 Å². The lowest BCUT2D eigenvalue weighted by atomic mass is 10.4. The first-order chi connectivity index (χ1) is 8.90. The van der Waals surface area contributed by atoms with E-state index < -0.39 is 24.0 Å². The Kier molecular flexibility index (Phi) is 3.47. The Morgan fingerprint density at radius 2 is 2.11 bits per heavy atom. The third-order valence-electron chi connectivity index (χ3n) is 2.19. The van der Waals surface area contributed by atoms with Gasteiger partial charge in [0.15, 0.2) is 11.5 Å². The number of alkyl halides is 2. The fourth-order valence-electron chi connectivity index (χ4n) is 1.41. The summed E-state index contributed by atoms with van der Waals surface area (Å²) in [5.41, 5.74) is -0.153. The molecule has 0 radical (unpaired) electrons. The Morgan fingerprint density at radius 1 is 1.42 bits per heavy atom. The lowest BCUT2D eigenvalue weighted by Crippen LogP contribution is -2.19. The minimum atomic E-state index is -3.13. The zero-order valence-corrected chi connectivity index (χ0v) is 10.1. The molecule has 0 spiro atoms. The van der Waals surface area contributed by atoms with E-state index in [2.05, 4.69) is 22.3 Å². The number of aromatic nitrogens is 2. The van der Waals surface area contributed by atoms with Crippen LogP contribution in [0, 0.1) is 16.6 Å². The van der Waals surface area contributed by atoms with Crippen molar-refractivity contribution in [2.45, 2.75) is 11.3 Å². The number of thiol groups is 1. The maximum Gasteiger partial charge on any atom is 0.312 e. The molecule has 0 aliphatic carbocycles. The Hall–Kier alpha value is -2.03. The zero-order chi connectivity index (χ0) is 14.2. The average molecular weight is 288 g/mol. The molecule has 100 valence electrons. The molecule has 2 aromatic heterocycles. The lowest BCUT2D eigenvalue weighted by Gasteiger charge is -2.07. The number of rotatable bonds is 2. The molecular formula is C10H7F3N4OS. The molecule has 0 bridgehead atoms. The average Bonchev–Trinajstić information content (AvgIpc) is 2.72. The highest BCUT2D eigenvalue weighted by Crippen LogP contribution is 2.16. The molecule has 19 heavy (non-hydrogen) atoms. The molecule has 2 heterocycles. The molecule has 2 N–H and O–H groups in total. The van der Waals surface area contributed by atoms with E-state index in [1.807, 2.05) is 0 Å². The Labute approximate surface area is 110 Å². The molecule has 0 saturated carbocycles. The number of ether oxygens (including phenoxy) is 1. The molecule has 5 nitrogen and oxygen atoms in total. The van der Waals surface area contributed by atoms with Crippen LogP contribution in [0.3, 0.4) is 0 Å². The van der Waals surface area contributed by atoms with Crippen molar-refractivity contribution in [1.29, 1.82) is 10.8 Å². The summed E-state index contributed by atoms with van der Waals surface area (Å²) in [6.07, 6.45) is -0.683. The van der Waals surface area contributed by atoms with E-state index in [0.717, 1.165) is 16.7 Å². The van der Waals surface area contributed by atoms with Crippen LogP contribution in [0.25, 0.3) is 5.65 Å². The van der Waals surface area contributed by atoms with Crippen LogP contribution < -0.4 is 0 Å². The molecular weight excluding hydrogens is 281 g/mol. The van der Waals surface area contributed by atoms with Crippen LogP contribution in [-0.2, 0) is 4.74 Å². The van der Waals surface area contributed by atoms with Crippen molar-refractivity contribution < 1.29 is 17.9 Å². The number of fused-ring (bicyclic) bond motifs is 1. The van der Waals surface area contributed by atoms with E-state index in [1.54, 1.807) is 0 Å². The van der Waals surface area contributed by atoms with Crippen LogP contribution in [0.2, 0.25) is 0 Å². The Bertz CT molecular complexity index is 670. The van der Waals surface area contributed by atoms with Gasteiger partial charge in [0.05, 0.1) is 6.20 Å². The highest BCUT2D eigenvalue weighted by atomic mass is 32.1. The highest BCUT2D eigenvalue weighted by molar-refractivity contribution is 7.80. The minimum absolute atomic E-state index is 0.0600. The zero-order valence-electron chi connectivity index (χ0n) is 9.19. The smallest absolute Gasteiger partial charge is 0.312 e. The summed E-state index contributed by atoms with van der Waals surface area (Å²) in [6.45, 7) is 0. The van der Waals surface area contributed by atoms with Crippen molar-refractivity contribution in [3.8, 4) is 0 Å². The maximum absolute atomic E-state index is 13.5. The van der Waals surface area contributed by atoms with Gasteiger partial charge in [-0.3, -0.25) is 15.2 Å². The van der Waals surface area contributed by atoms with E-state index in [0.29, 0.717) is 0 Å². The second-order valence-corrected chi connectivity index (χ2v) is 4.00. The number of pyridine rings is 1. The third kappa shape index (κ3) is 2.55.